The average molecular weight is 521 g/mol. The van der Waals surface area contributed by atoms with Crippen LogP contribution in [0.3, 0.4) is 0 Å². The molecule has 0 atom stereocenters. The summed E-state index contributed by atoms with van der Waals surface area (Å²) in [6, 6.07) is 26.8. The number of benzene rings is 4. The molecular formula is C33H32N2O4. The van der Waals surface area contributed by atoms with Gasteiger partial charge >= 0.3 is 0 Å². The van der Waals surface area contributed by atoms with Gasteiger partial charge in [-0.15, -0.1) is 0 Å². The van der Waals surface area contributed by atoms with Gasteiger partial charge in [-0.3, -0.25) is 9.59 Å². The summed E-state index contributed by atoms with van der Waals surface area (Å²) >= 11 is 0. The fraction of sp³-hybridized carbons (Fsp3) is 0.212. The van der Waals surface area contributed by atoms with E-state index in [1.807, 2.05) is 48.5 Å². The second-order valence-corrected chi connectivity index (χ2v) is 9.78. The topological polar surface area (TPSA) is 67.9 Å². The second kappa shape index (κ2) is 11.5. The lowest BCUT2D eigenvalue weighted by molar-refractivity contribution is 0.102. The molecule has 1 N–H and O–H groups in total. The Labute approximate surface area is 229 Å². The van der Waals surface area contributed by atoms with Crippen LogP contribution in [-0.2, 0) is 13.0 Å². The Kier molecular flexibility index (Phi) is 7.75. The Morgan fingerprint density at radius 2 is 1.49 bits per heavy atom. The molecule has 6 heteroatoms. The largest absolute Gasteiger partial charge is 0.493 e. The number of aryl methyl sites for hydroxylation is 1. The van der Waals surface area contributed by atoms with Crippen LogP contribution in [0.15, 0.2) is 84.9 Å². The number of nitrogens with one attached hydrogen (secondary N) is 1. The molecule has 4 aromatic carbocycles. The summed E-state index contributed by atoms with van der Waals surface area (Å²) in [5.41, 5.74) is 6.37. The third-order valence-electron chi connectivity index (χ3n) is 7.11. The van der Waals surface area contributed by atoms with E-state index in [0.29, 0.717) is 22.3 Å². The summed E-state index contributed by atoms with van der Waals surface area (Å²) < 4.78 is 10.7. The third kappa shape index (κ3) is 5.56. The summed E-state index contributed by atoms with van der Waals surface area (Å²) in [5, 5.41) is 3.00. The van der Waals surface area contributed by atoms with E-state index in [9.17, 15) is 9.59 Å². The van der Waals surface area contributed by atoms with Crippen molar-refractivity contribution in [1.29, 1.82) is 0 Å². The van der Waals surface area contributed by atoms with Gasteiger partial charge in [0.05, 0.1) is 14.2 Å². The first-order valence-corrected chi connectivity index (χ1v) is 13.1. The van der Waals surface area contributed by atoms with Crippen molar-refractivity contribution in [2.45, 2.75) is 19.4 Å². The molecule has 1 aliphatic carbocycles. The number of amides is 1. The van der Waals surface area contributed by atoms with E-state index in [1.54, 1.807) is 32.4 Å². The quantitative estimate of drug-likeness (QED) is 0.236. The van der Waals surface area contributed by atoms with Gasteiger partial charge in [0.15, 0.2) is 17.3 Å². The van der Waals surface area contributed by atoms with E-state index < -0.39 is 0 Å². The van der Waals surface area contributed by atoms with Crippen LogP contribution in [0.2, 0.25) is 0 Å². The first-order valence-electron chi connectivity index (χ1n) is 13.1. The van der Waals surface area contributed by atoms with E-state index in [0.717, 1.165) is 48.7 Å². The van der Waals surface area contributed by atoms with Gasteiger partial charge < -0.3 is 19.7 Å². The minimum Gasteiger partial charge on any atom is -0.493 e. The minimum atomic E-state index is -0.221. The zero-order valence-corrected chi connectivity index (χ0v) is 22.5. The maximum Gasteiger partial charge on any atom is 0.256 e. The number of anilines is 1. The van der Waals surface area contributed by atoms with Crippen molar-refractivity contribution in [1.82, 2.24) is 4.90 Å². The number of nitrogens with zero attached hydrogens (tertiary/aromatic N) is 1. The number of fused-ring (bicyclic) bond motifs is 3. The Hall–Kier alpha value is -4.42. The fourth-order valence-electron chi connectivity index (χ4n) is 5.14. The molecule has 5 rings (SSSR count). The van der Waals surface area contributed by atoms with Gasteiger partial charge in [0.1, 0.15) is 0 Å². The van der Waals surface area contributed by atoms with E-state index in [-0.39, 0.29) is 11.7 Å². The lowest BCUT2D eigenvalue weighted by Gasteiger charge is -2.18. The highest BCUT2D eigenvalue weighted by atomic mass is 16.5. The molecule has 0 aliphatic heterocycles. The number of rotatable bonds is 10. The van der Waals surface area contributed by atoms with Crippen molar-refractivity contribution in [2.24, 2.45) is 0 Å². The van der Waals surface area contributed by atoms with Crippen molar-refractivity contribution in [2.75, 3.05) is 33.1 Å². The van der Waals surface area contributed by atoms with Gasteiger partial charge in [0.2, 0.25) is 0 Å². The molecule has 6 nitrogen and oxygen atoms in total. The number of methoxy groups -OCH3 is 2. The highest BCUT2D eigenvalue weighted by Crippen LogP contribution is 2.39. The van der Waals surface area contributed by atoms with Crippen LogP contribution in [0, 0.1) is 0 Å². The maximum absolute atomic E-state index is 13.2. The van der Waals surface area contributed by atoms with E-state index in [4.69, 9.17) is 9.47 Å². The van der Waals surface area contributed by atoms with Crippen molar-refractivity contribution in [3.8, 4) is 22.6 Å². The molecule has 198 valence electrons. The second-order valence-electron chi connectivity index (χ2n) is 9.78. The molecule has 39 heavy (non-hydrogen) atoms. The summed E-state index contributed by atoms with van der Waals surface area (Å²) in [4.78, 5) is 28.3. The maximum atomic E-state index is 13.2. The van der Waals surface area contributed by atoms with Crippen LogP contribution < -0.4 is 14.8 Å². The van der Waals surface area contributed by atoms with Gasteiger partial charge in [-0.05, 0) is 73.5 Å². The van der Waals surface area contributed by atoms with Gasteiger partial charge in [0, 0.05) is 34.5 Å². The lowest BCUT2D eigenvalue weighted by Crippen LogP contribution is -2.19. The minimum absolute atomic E-state index is 0.0334. The first-order chi connectivity index (χ1) is 19.0. The van der Waals surface area contributed by atoms with Crippen molar-refractivity contribution in [3.63, 3.8) is 0 Å². The number of carbonyl (C=O) groups is 2. The molecule has 0 fully saturated rings. The lowest BCUT2D eigenvalue weighted by atomic mass is 9.99. The number of hydrogen-bond acceptors (Lipinski definition) is 5. The van der Waals surface area contributed by atoms with Crippen LogP contribution in [0.1, 0.15) is 43.8 Å². The molecule has 1 amide bonds. The van der Waals surface area contributed by atoms with Crippen LogP contribution in [0.5, 0.6) is 11.5 Å². The molecule has 4 aromatic rings. The molecule has 0 spiro atoms. The zero-order chi connectivity index (χ0) is 27.4. The molecule has 0 radical (unpaired) electrons. The standard InChI is InChI=1S/C33H32N2O4/c1-35(21-23-15-18-29(38-2)30(20-23)39-3)19-7-8-22-13-16-24(17-14-22)34-33(37)28-12-6-11-27-31(28)25-9-4-5-10-26(25)32(27)36/h4-6,9-18,20H,7-8,19,21H2,1-3H3,(H,34,37). The number of ether oxygens (including phenoxy) is 2. The van der Waals surface area contributed by atoms with E-state index in [2.05, 4.69) is 35.5 Å². The number of ketones is 1. The predicted molar refractivity (Wildman–Crippen MR) is 154 cm³/mol. The number of hydrogen-bond donors (Lipinski definition) is 1. The van der Waals surface area contributed by atoms with Crippen LogP contribution in [0.4, 0.5) is 5.69 Å². The molecule has 0 unspecified atom stereocenters. The highest BCUT2D eigenvalue weighted by Gasteiger charge is 2.30. The Bertz CT molecular complexity index is 1510. The predicted octanol–water partition coefficient (Wildman–Crippen LogP) is 6.23. The Morgan fingerprint density at radius 1 is 0.795 bits per heavy atom. The molecule has 0 saturated carbocycles. The SMILES string of the molecule is COc1ccc(CN(C)CCCc2ccc(NC(=O)c3cccc4c3-c3ccccc3C4=O)cc2)cc1OC. The molecule has 0 saturated heterocycles. The molecule has 0 heterocycles. The van der Waals surface area contributed by atoms with E-state index in [1.165, 1.54) is 11.1 Å². The average Bonchev–Trinajstić information content (AvgIpc) is 3.26. The monoisotopic (exact) mass is 520 g/mol. The van der Waals surface area contributed by atoms with Crippen LogP contribution >= 0.6 is 0 Å². The third-order valence-corrected chi connectivity index (χ3v) is 7.11. The summed E-state index contributed by atoms with van der Waals surface area (Å²) in [6.07, 6.45) is 1.95. The van der Waals surface area contributed by atoms with Gasteiger partial charge in [-0.1, -0.05) is 54.6 Å². The van der Waals surface area contributed by atoms with Crippen molar-refractivity contribution < 1.29 is 19.1 Å². The Morgan fingerprint density at radius 3 is 2.23 bits per heavy atom. The molecule has 0 bridgehead atoms. The van der Waals surface area contributed by atoms with Crippen LogP contribution in [0.25, 0.3) is 11.1 Å². The molecular weight excluding hydrogens is 488 g/mol. The first kappa shape index (κ1) is 26.2. The number of carbonyl (C=O) groups excluding carboxylic acids is 2. The summed E-state index contributed by atoms with van der Waals surface area (Å²) in [5.74, 6) is 1.22. The van der Waals surface area contributed by atoms with Gasteiger partial charge in [0.25, 0.3) is 5.91 Å². The summed E-state index contributed by atoms with van der Waals surface area (Å²) in [7, 11) is 5.40. The van der Waals surface area contributed by atoms with E-state index >= 15 is 0 Å². The zero-order valence-electron chi connectivity index (χ0n) is 22.5. The highest BCUT2D eigenvalue weighted by molar-refractivity contribution is 6.25. The van der Waals surface area contributed by atoms with Gasteiger partial charge in [-0.2, -0.15) is 0 Å². The van der Waals surface area contributed by atoms with Gasteiger partial charge in [-0.25, -0.2) is 0 Å². The smallest absolute Gasteiger partial charge is 0.256 e. The Balaban J connectivity index is 1.16. The summed E-state index contributed by atoms with van der Waals surface area (Å²) in [6.45, 7) is 1.77. The van der Waals surface area contributed by atoms with Crippen LogP contribution in [-0.4, -0.2) is 44.4 Å². The molecule has 0 aromatic heterocycles. The fourth-order valence-corrected chi connectivity index (χ4v) is 5.14. The normalized spacial score (nSPS) is 11.7. The van der Waals surface area contributed by atoms with Crippen molar-refractivity contribution >= 4 is 17.4 Å². The molecule has 1 aliphatic rings. The van der Waals surface area contributed by atoms with Crippen molar-refractivity contribution in [3.05, 3.63) is 113 Å².